The predicted octanol–water partition coefficient (Wildman–Crippen LogP) is 1.90. The Labute approximate surface area is 118 Å². The molecule has 2 heterocycles. The van der Waals surface area contributed by atoms with Gasteiger partial charge in [0, 0.05) is 43.7 Å². The van der Waals surface area contributed by atoms with Crippen LogP contribution in [0.3, 0.4) is 0 Å². The van der Waals surface area contributed by atoms with Crippen molar-refractivity contribution < 1.29 is 9.53 Å². The van der Waals surface area contributed by atoms with Crippen LogP contribution in [0.15, 0.2) is 11.6 Å². The van der Waals surface area contributed by atoms with Crippen molar-refractivity contribution in [3.05, 3.63) is 16.6 Å². The molecule has 2 rings (SSSR count). The number of piperidine rings is 1. The van der Waals surface area contributed by atoms with Gasteiger partial charge in [0.2, 0.25) is 0 Å². The number of nitrogens with one attached hydrogen (secondary N) is 1. The molecule has 1 saturated heterocycles. The SMILES string of the molecule is CCOC(=O)N1CCC(NCCc2nccs2)CC1. The fourth-order valence-corrected chi connectivity index (χ4v) is 2.86. The Bertz CT molecular complexity index is 375. The lowest BCUT2D eigenvalue weighted by Crippen LogP contribution is -2.45. The lowest BCUT2D eigenvalue weighted by Gasteiger charge is -2.31. The molecular weight excluding hydrogens is 262 g/mol. The van der Waals surface area contributed by atoms with Gasteiger partial charge in [0.05, 0.1) is 11.6 Å². The maximum atomic E-state index is 11.6. The van der Waals surface area contributed by atoms with Gasteiger partial charge in [-0.05, 0) is 19.8 Å². The van der Waals surface area contributed by atoms with Gasteiger partial charge >= 0.3 is 6.09 Å². The van der Waals surface area contributed by atoms with Crippen LogP contribution in [-0.2, 0) is 11.2 Å². The van der Waals surface area contributed by atoms with Gasteiger partial charge in [-0.3, -0.25) is 0 Å². The third-order valence-corrected chi connectivity index (χ3v) is 4.12. The van der Waals surface area contributed by atoms with Crippen molar-refractivity contribution in [3.8, 4) is 0 Å². The first kappa shape index (κ1) is 14.3. The number of ether oxygens (including phenoxy) is 1. The molecule has 0 aliphatic carbocycles. The third-order valence-electron chi connectivity index (χ3n) is 3.28. The Morgan fingerprint density at radius 3 is 3.00 bits per heavy atom. The summed E-state index contributed by atoms with van der Waals surface area (Å²) in [6.07, 6.45) is 4.64. The molecule has 19 heavy (non-hydrogen) atoms. The minimum atomic E-state index is -0.177. The Hall–Kier alpha value is -1.14. The van der Waals surface area contributed by atoms with Gasteiger partial charge < -0.3 is 15.0 Å². The minimum absolute atomic E-state index is 0.177. The first-order valence-corrected chi connectivity index (χ1v) is 7.71. The van der Waals surface area contributed by atoms with Crippen LogP contribution < -0.4 is 5.32 Å². The second-order valence-electron chi connectivity index (χ2n) is 4.59. The van der Waals surface area contributed by atoms with Crippen molar-refractivity contribution in [2.45, 2.75) is 32.2 Å². The molecule has 5 nitrogen and oxygen atoms in total. The van der Waals surface area contributed by atoms with Crippen molar-refractivity contribution in [1.82, 2.24) is 15.2 Å². The number of amides is 1. The zero-order valence-corrected chi connectivity index (χ0v) is 12.1. The van der Waals surface area contributed by atoms with Crippen LogP contribution in [0, 0.1) is 0 Å². The van der Waals surface area contributed by atoms with Crippen molar-refractivity contribution in [2.75, 3.05) is 26.2 Å². The molecule has 0 atom stereocenters. The van der Waals surface area contributed by atoms with E-state index in [9.17, 15) is 4.79 Å². The fraction of sp³-hybridized carbons (Fsp3) is 0.692. The molecule has 1 amide bonds. The molecule has 0 unspecified atom stereocenters. The zero-order chi connectivity index (χ0) is 13.5. The van der Waals surface area contributed by atoms with E-state index < -0.39 is 0 Å². The standard InChI is InChI=1S/C13H21N3O2S/c1-2-18-13(17)16-8-4-11(5-9-16)14-6-3-12-15-7-10-19-12/h7,10-11,14H,2-6,8-9H2,1H3. The van der Waals surface area contributed by atoms with Crippen LogP contribution in [-0.4, -0.2) is 48.3 Å². The smallest absolute Gasteiger partial charge is 0.409 e. The highest BCUT2D eigenvalue weighted by Gasteiger charge is 2.22. The van der Waals surface area contributed by atoms with E-state index in [4.69, 9.17) is 4.74 Å². The second kappa shape index (κ2) is 7.45. The van der Waals surface area contributed by atoms with E-state index in [1.807, 2.05) is 18.5 Å². The number of carbonyl (C=O) groups is 1. The van der Waals surface area contributed by atoms with E-state index in [0.717, 1.165) is 38.9 Å². The van der Waals surface area contributed by atoms with Crippen molar-refractivity contribution >= 4 is 17.4 Å². The lowest BCUT2D eigenvalue weighted by molar-refractivity contribution is 0.0952. The molecule has 1 aromatic rings. The molecule has 0 aromatic carbocycles. The predicted molar refractivity (Wildman–Crippen MR) is 75.4 cm³/mol. The molecule has 1 aromatic heterocycles. The molecule has 1 aliphatic rings. The van der Waals surface area contributed by atoms with Gasteiger partial charge in [-0.15, -0.1) is 11.3 Å². The Morgan fingerprint density at radius 2 is 2.37 bits per heavy atom. The van der Waals surface area contributed by atoms with Crippen molar-refractivity contribution in [1.29, 1.82) is 0 Å². The van der Waals surface area contributed by atoms with Crippen LogP contribution in [0.2, 0.25) is 0 Å². The summed E-state index contributed by atoms with van der Waals surface area (Å²) in [4.78, 5) is 17.6. The maximum absolute atomic E-state index is 11.6. The normalized spacial score (nSPS) is 16.6. The number of hydrogen-bond acceptors (Lipinski definition) is 5. The van der Waals surface area contributed by atoms with Crippen LogP contribution in [0.5, 0.6) is 0 Å². The quantitative estimate of drug-likeness (QED) is 0.896. The fourth-order valence-electron chi connectivity index (χ4n) is 2.24. The van der Waals surface area contributed by atoms with Crippen molar-refractivity contribution in [2.24, 2.45) is 0 Å². The van der Waals surface area contributed by atoms with Crippen LogP contribution in [0.4, 0.5) is 4.79 Å². The van der Waals surface area contributed by atoms with Gasteiger partial charge in [0.1, 0.15) is 0 Å². The Morgan fingerprint density at radius 1 is 1.58 bits per heavy atom. The van der Waals surface area contributed by atoms with Crippen molar-refractivity contribution in [3.63, 3.8) is 0 Å². The van der Waals surface area contributed by atoms with E-state index >= 15 is 0 Å². The summed E-state index contributed by atoms with van der Waals surface area (Å²) >= 11 is 1.70. The molecule has 0 radical (unpaired) electrons. The number of aromatic nitrogens is 1. The highest BCUT2D eigenvalue weighted by atomic mass is 32.1. The van der Waals surface area contributed by atoms with E-state index in [0.29, 0.717) is 12.6 Å². The minimum Gasteiger partial charge on any atom is -0.450 e. The molecule has 1 aliphatic heterocycles. The summed E-state index contributed by atoms with van der Waals surface area (Å²) in [7, 11) is 0. The monoisotopic (exact) mass is 283 g/mol. The highest BCUT2D eigenvalue weighted by molar-refractivity contribution is 7.09. The summed E-state index contributed by atoms with van der Waals surface area (Å²) in [5.74, 6) is 0. The van der Waals surface area contributed by atoms with Gasteiger partial charge in [0.25, 0.3) is 0 Å². The zero-order valence-electron chi connectivity index (χ0n) is 11.3. The number of nitrogens with zero attached hydrogens (tertiary/aromatic N) is 2. The molecule has 1 N–H and O–H groups in total. The number of thiazole rings is 1. The number of likely N-dealkylation sites (tertiary alicyclic amines) is 1. The highest BCUT2D eigenvalue weighted by Crippen LogP contribution is 2.12. The lowest BCUT2D eigenvalue weighted by atomic mass is 10.1. The second-order valence-corrected chi connectivity index (χ2v) is 5.57. The van der Waals surface area contributed by atoms with Crippen LogP contribution in [0.25, 0.3) is 0 Å². The first-order chi connectivity index (χ1) is 9.29. The molecule has 1 fully saturated rings. The largest absolute Gasteiger partial charge is 0.450 e. The molecule has 0 saturated carbocycles. The first-order valence-electron chi connectivity index (χ1n) is 6.83. The molecular formula is C13H21N3O2S. The van der Waals surface area contributed by atoms with E-state index in [1.165, 1.54) is 5.01 Å². The van der Waals surface area contributed by atoms with E-state index in [2.05, 4.69) is 10.3 Å². The molecule has 0 bridgehead atoms. The molecule has 6 heteroatoms. The number of rotatable bonds is 5. The topological polar surface area (TPSA) is 54.5 Å². The van der Waals surface area contributed by atoms with Crippen LogP contribution >= 0.6 is 11.3 Å². The summed E-state index contributed by atoms with van der Waals surface area (Å²) < 4.78 is 5.01. The average molecular weight is 283 g/mol. The molecule has 0 spiro atoms. The van der Waals surface area contributed by atoms with Crippen LogP contribution in [0.1, 0.15) is 24.8 Å². The summed E-state index contributed by atoms with van der Waals surface area (Å²) in [6.45, 7) is 4.81. The van der Waals surface area contributed by atoms with E-state index in [-0.39, 0.29) is 6.09 Å². The van der Waals surface area contributed by atoms with Gasteiger partial charge in [-0.25, -0.2) is 9.78 Å². The Balaban J connectivity index is 1.62. The summed E-state index contributed by atoms with van der Waals surface area (Å²) in [5, 5.41) is 6.72. The Kier molecular flexibility index (Phi) is 5.60. The van der Waals surface area contributed by atoms with Gasteiger partial charge in [-0.1, -0.05) is 0 Å². The van der Waals surface area contributed by atoms with Gasteiger partial charge in [0.15, 0.2) is 0 Å². The number of carbonyl (C=O) groups excluding carboxylic acids is 1. The third kappa shape index (κ3) is 4.47. The maximum Gasteiger partial charge on any atom is 0.409 e. The number of hydrogen-bond donors (Lipinski definition) is 1. The molecule has 106 valence electrons. The summed E-state index contributed by atoms with van der Waals surface area (Å²) in [6, 6.07) is 0.505. The van der Waals surface area contributed by atoms with E-state index in [1.54, 1.807) is 16.2 Å². The summed E-state index contributed by atoms with van der Waals surface area (Å²) in [5.41, 5.74) is 0. The van der Waals surface area contributed by atoms with Gasteiger partial charge in [-0.2, -0.15) is 0 Å². The average Bonchev–Trinajstić information content (AvgIpc) is 2.93.